The smallest absolute Gasteiger partial charge is 0.379 e. The van der Waals surface area contributed by atoms with Crippen LogP contribution in [-0.2, 0) is 27.5 Å². The number of Topliss-reactive ketones (excluding diaryl/α,β-unsaturated/α-hetero) is 1. The quantitative estimate of drug-likeness (QED) is 0.460. The van der Waals surface area contributed by atoms with Gasteiger partial charge in [0.25, 0.3) is 5.78 Å². The normalized spacial score (nSPS) is 13.0. The first-order valence-electron chi connectivity index (χ1n) is 5.66. The lowest BCUT2D eigenvalue weighted by atomic mass is 10.0. The van der Waals surface area contributed by atoms with Crippen LogP contribution in [0.1, 0.15) is 28.4 Å². The van der Waals surface area contributed by atoms with E-state index in [-0.39, 0.29) is 12.2 Å². The molecular weight excluding hydrogens is 236 g/mol. The van der Waals surface area contributed by atoms with E-state index in [1.807, 2.05) is 0 Å². The van der Waals surface area contributed by atoms with Gasteiger partial charge >= 0.3 is 5.97 Å². The number of methoxy groups -OCH3 is 1. The highest BCUT2D eigenvalue weighted by molar-refractivity contribution is 6.41. The number of hydrogen-bond acceptors (Lipinski definition) is 5. The van der Waals surface area contributed by atoms with Crippen molar-refractivity contribution in [2.24, 2.45) is 0 Å². The van der Waals surface area contributed by atoms with Crippen molar-refractivity contribution in [3.8, 4) is 5.75 Å². The van der Waals surface area contributed by atoms with Gasteiger partial charge < -0.3 is 14.2 Å². The second kappa shape index (κ2) is 5.18. The maximum Gasteiger partial charge on any atom is 0.379 e. The summed E-state index contributed by atoms with van der Waals surface area (Å²) < 4.78 is 15.1. The van der Waals surface area contributed by atoms with Gasteiger partial charge in [-0.2, -0.15) is 0 Å². The van der Waals surface area contributed by atoms with E-state index in [9.17, 15) is 9.59 Å². The summed E-state index contributed by atoms with van der Waals surface area (Å²) in [5.74, 6) is -1.18. The van der Waals surface area contributed by atoms with Gasteiger partial charge in [-0.3, -0.25) is 4.79 Å². The van der Waals surface area contributed by atoms with E-state index >= 15 is 0 Å². The largest absolute Gasteiger partial charge is 0.496 e. The first kappa shape index (κ1) is 12.6. The highest BCUT2D eigenvalue weighted by Gasteiger charge is 2.24. The van der Waals surface area contributed by atoms with E-state index in [4.69, 9.17) is 14.2 Å². The van der Waals surface area contributed by atoms with Crippen molar-refractivity contribution >= 4 is 11.8 Å². The first-order valence-corrected chi connectivity index (χ1v) is 5.66. The Hall–Kier alpha value is -1.88. The maximum absolute atomic E-state index is 11.9. The number of ether oxygens (including phenoxy) is 3. The molecule has 0 spiro atoms. The molecule has 0 aromatic heterocycles. The van der Waals surface area contributed by atoms with Crippen LogP contribution in [0.25, 0.3) is 0 Å². The van der Waals surface area contributed by atoms with Crippen LogP contribution in [0.5, 0.6) is 5.75 Å². The molecule has 0 fully saturated rings. The van der Waals surface area contributed by atoms with E-state index in [1.54, 1.807) is 19.1 Å². The Morgan fingerprint density at radius 3 is 2.56 bits per heavy atom. The molecule has 1 aliphatic rings. The lowest BCUT2D eigenvalue weighted by Crippen LogP contribution is -2.18. The second-order valence-corrected chi connectivity index (χ2v) is 3.86. The van der Waals surface area contributed by atoms with Crippen molar-refractivity contribution in [1.82, 2.24) is 0 Å². The van der Waals surface area contributed by atoms with E-state index in [2.05, 4.69) is 0 Å². The van der Waals surface area contributed by atoms with Crippen LogP contribution in [0.3, 0.4) is 0 Å². The molecular formula is C13H14O5. The fourth-order valence-corrected chi connectivity index (χ4v) is 1.86. The van der Waals surface area contributed by atoms with Gasteiger partial charge in [0.1, 0.15) is 5.75 Å². The summed E-state index contributed by atoms with van der Waals surface area (Å²) in [7, 11) is 1.46. The lowest BCUT2D eigenvalue weighted by molar-refractivity contribution is -0.137. The zero-order chi connectivity index (χ0) is 13.1. The Kier molecular flexibility index (Phi) is 3.62. The Bertz CT molecular complexity index is 492. The average Bonchev–Trinajstić information content (AvgIpc) is 2.83. The average molecular weight is 250 g/mol. The van der Waals surface area contributed by atoms with E-state index < -0.39 is 11.8 Å². The van der Waals surface area contributed by atoms with Gasteiger partial charge in [-0.15, -0.1) is 0 Å². The number of rotatable bonds is 4. The van der Waals surface area contributed by atoms with Gasteiger partial charge in [0.2, 0.25) is 0 Å². The van der Waals surface area contributed by atoms with Crippen LogP contribution in [-0.4, -0.2) is 25.5 Å². The molecule has 0 bridgehead atoms. The molecule has 0 N–H and O–H groups in total. The summed E-state index contributed by atoms with van der Waals surface area (Å²) >= 11 is 0. The van der Waals surface area contributed by atoms with Crippen LogP contribution < -0.4 is 4.74 Å². The third-order valence-electron chi connectivity index (χ3n) is 2.74. The number of fused-ring (bicyclic) bond motifs is 1. The molecule has 0 atom stereocenters. The van der Waals surface area contributed by atoms with E-state index in [0.29, 0.717) is 19.0 Å². The van der Waals surface area contributed by atoms with E-state index in [1.165, 1.54) is 7.11 Å². The van der Waals surface area contributed by atoms with Crippen LogP contribution >= 0.6 is 0 Å². The summed E-state index contributed by atoms with van der Waals surface area (Å²) in [6.45, 7) is 2.77. The molecule has 2 rings (SSSR count). The summed E-state index contributed by atoms with van der Waals surface area (Å²) in [5, 5.41) is 0. The fraction of sp³-hybridized carbons (Fsp3) is 0.385. The van der Waals surface area contributed by atoms with Gasteiger partial charge in [-0.25, -0.2) is 4.79 Å². The fourth-order valence-electron chi connectivity index (χ4n) is 1.86. The van der Waals surface area contributed by atoms with Crippen LogP contribution in [0.4, 0.5) is 0 Å². The van der Waals surface area contributed by atoms with Crippen molar-refractivity contribution < 1.29 is 23.8 Å². The minimum Gasteiger partial charge on any atom is -0.496 e. The predicted octanol–water partition coefficient (Wildman–Crippen LogP) is 1.47. The molecule has 0 radical (unpaired) electrons. The van der Waals surface area contributed by atoms with Gasteiger partial charge in [0, 0.05) is 0 Å². The Morgan fingerprint density at radius 1 is 1.28 bits per heavy atom. The van der Waals surface area contributed by atoms with Crippen LogP contribution in [0, 0.1) is 0 Å². The Labute approximate surface area is 105 Å². The van der Waals surface area contributed by atoms with Gasteiger partial charge in [-0.05, 0) is 30.2 Å². The number of benzene rings is 1. The minimum atomic E-state index is -0.866. The number of ketones is 1. The third kappa shape index (κ3) is 2.22. The van der Waals surface area contributed by atoms with E-state index in [0.717, 1.165) is 11.1 Å². The molecule has 0 saturated carbocycles. The number of esters is 1. The summed E-state index contributed by atoms with van der Waals surface area (Å²) in [5.41, 5.74) is 2.11. The molecule has 96 valence electrons. The summed E-state index contributed by atoms with van der Waals surface area (Å²) in [6.07, 6.45) is 0. The summed E-state index contributed by atoms with van der Waals surface area (Å²) in [4.78, 5) is 23.4. The topological polar surface area (TPSA) is 61.8 Å². The molecule has 0 amide bonds. The minimum absolute atomic E-state index is 0.168. The predicted molar refractivity (Wildman–Crippen MR) is 62.5 cm³/mol. The highest BCUT2D eigenvalue weighted by atomic mass is 16.5. The SMILES string of the molecule is CCOC(=O)C(=O)c1cc2c(cc1OC)COC2. The number of hydrogen-bond donors (Lipinski definition) is 0. The zero-order valence-corrected chi connectivity index (χ0v) is 10.3. The molecule has 0 aliphatic carbocycles. The second-order valence-electron chi connectivity index (χ2n) is 3.86. The standard InChI is InChI=1S/C13H14O5/c1-3-18-13(15)12(14)10-4-8-6-17-7-9(8)5-11(10)16-2/h4-5H,3,6-7H2,1-2H3. The van der Waals surface area contributed by atoms with Crippen molar-refractivity contribution in [3.05, 3.63) is 28.8 Å². The number of carbonyl (C=O) groups excluding carboxylic acids is 2. The maximum atomic E-state index is 11.9. The summed E-state index contributed by atoms with van der Waals surface area (Å²) in [6, 6.07) is 3.37. The molecule has 1 aromatic rings. The third-order valence-corrected chi connectivity index (χ3v) is 2.74. The molecule has 5 nitrogen and oxygen atoms in total. The first-order chi connectivity index (χ1) is 8.67. The Morgan fingerprint density at radius 2 is 1.94 bits per heavy atom. The van der Waals surface area contributed by atoms with Crippen LogP contribution in [0.2, 0.25) is 0 Å². The van der Waals surface area contributed by atoms with Crippen molar-refractivity contribution in [3.63, 3.8) is 0 Å². The highest BCUT2D eigenvalue weighted by Crippen LogP contribution is 2.29. The van der Waals surface area contributed by atoms with Crippen molar-refractivity contribution in [2.45, 2.75) is 20.1 Å². The van der Waals surface area contributed by atoms with Crippen molar-refractivity contribution in [2.75, 3.05) is 13.7 Å². The Balaban J connectivity index is 2.37. The zero-order valence-electron chi connectivity index (χ0n) is 10.3. The molecule has 1 aromatic carbocycles. The number of carbonyl (C=O) groups is 2. The lowest BCUT2D eigenvalue weighted by Gasteiger charge is -2.09. The van der Waals surface area contributed by atoms with Gasteiger partial charge in [0.05, 0.1) is 32.5 Å². The van der Waals surface area contributed by atoms with Gasteiger partial charge in [0.15, 0.2) is 0 Å². The molecule has 1 heterocycles. The van der Waals surface area contributed by atoms with Crippen molar-refractivity contribution in [1.29, 1.82) is 0 Å². The molecule has 0 unspecified atom stereocenters. The molecule has 1 aliphatic heterocycles. The molecule has 18 heavy (non-hydrogen) atoms. The van der Waals surface area contributed by atoms with Crippen LogP contribution in [0.15, 0.2) is 12.1 Å². The monoisotopic (exact) mass is 250 g/mol. The molecule has 0 saturated heterocycles. The molecule has 5 heteroatoms. The van der Waals surface area contributed by atoms with Gasteiger partial charge in [-0.1, -0.05) is 0 Å².